The quantitative estimate of drug-likeness (QED) is 0.804. The Bertz CT molecular complexity index is 747. The van der Waals surface area contributed by atoms with E-state index in [2.05, 4.69) is 4.90 Å². The number of hydrogen-bond acceptors (Lipinski definition) is 5. The van der Waals surface area contributed by atoms with Crippen molar-refractivity contribution >= 4 is 0 Å². The van der Waals surface area contributed by atoms with Gasteiger partial charge in [-0.3, -0.25) is 0 Å². The summed E-state index contributed by atoms with van der Waals surface area (Å²) in [4.78, 5) is 2.19. The van der Waals surface area contributed by atoms with Gasteiger partial charge in [0.05, 0.1) is 20.3 Å². The number of aliphatic hydroxyl groups excluding tert-OH is 1. The standard InChI is InChI=1S/C21H26FNO4/c1-25-16-7-8-20(26-2)17(13-16)19(24)14-23-11-9-15(10-12-23)27-21-6-4-3-5-18(21)22/h3-8,13,15,19,24H,9-12,14H2,1-2H3/t19-/m0/s1. The second-order valence-electron chi connectivity index (χ2n) is 6.67. The summed E-state index contributed by atoms with van der Waals surface area (Å²) in [6.45, 7) is 2.06. The molecule has 1 atom stereocenters. The van der Waals surface area contributed by atoms with Crippen LogP contribution in [0.3, 0.4) is 0 Å². The number of likely N-dealkylation sites (tertiary alicyclic amines) is 1. The molecule has 1 fully saturated rings. The second kappa shape index (κ2) is 9.06. The predicted octanol–water partition coefficient (Wildman–Crippen LogP) is 3.42. The number of para-hydroxylation sites is 1. The van der Waals surface area contributed by atoms with E-state index in [1.54, 1.807) is 50.6 Å². The molecule has 0 saturated carbocycles. The fourth-order valence-electron chi connectivity index (χ4n) is 3.37. The first-order chi connectivity index (χ1) is 13.1. The van der Waals surface area contributed by atoms with E-state index < -0.39 is 6.10 Å². The van der Waals surface area contributed by atoms with E-state index in [0.29, 0.717) is 29.4 Å². The molecule has 0 bridgehead atoms. The lowest BCUT2D eigenvalue weighted by atomic mass is 10.0. The monoisotopic (exact) mass is 375 g/mol. The Hall–Kier alpha value is -2.31. The number of rotatable bonds is 7. The van der Waals surface area contributed by atoms with Gasteiger partial charge in [0.15, 0.2) is 11.6 Å². The highest BCUT2D eigenvalue weighted by molar-refractivity contribution is 5.41. The first-order valence-electron chi connectivity index (χ1n) is 9.14. The van der Waals surface area contributed by atoms with Crippen molar-refractivity contribution in [3.8, 4) is 17.2 Å². The van der Waals surface area contributed by atoms with Crippen LogP contribution < -0.4 is 14.2 Å². The average molecular weight is 375 g/mol. The Kier molecular flexibility index (Phi) is 6.53. The Labute approximate surface area is 159 Å². The maximum atomic E-state index is 13.7. The summed E-state index contributed by atoms with van der Waals surface area (Å²) in [6.07, 6.45) is 0.882. The number of methoxy groups -OCH3 is 2. The highest BCUT2D eigenvalue weighted by Crippen LogP contribution is 2.30. The van der Waals surface area contributed by atoms with Gasteiger partial charge in [-0.05, 0) is 43.2 Å². The van der Waals surface area contributed by atoms with Crippen LogP contribution in [0.5, 0.6) is 17.2 Å². The van der Waals surface area contributed by atoms with Crippen molar-refractivity contribution in [1.29, 1.82) is 0 Å². The number of halogens is 1. The molecule has 5 nitrogen and oxygen atoms in total. The number of nitrogens with zero attached hydrogens (tertiary/aromatic N) is 1. The summed E-state index contributed by atoms with van der Waals surface area (Å²) in [5.41, 5.74) is 0.710. The minimum Gasteiger partial charge on any atom is -0.497 e. The van der Waals surface area contributed by atoms with Crippen molar-refractivity contribution in [2.75, 3.05) is 33.9 Å². The molecule has 3 rings (SSSR count). The van der Waals surface area contributed by atoms with Gasteiger partial charge in [-0.2, -0.15) is 0 Å². The third-order valence-corrected chi connectivity index (χ3v) is 4.89. The second-order valence-corrected chi connectivity index (χ2v) is 6.67. The maximum Gasteiger partial charge on any atom is 0.165 e. The highest BCUT2D eigenvalue weighted by Gasteiger charge is 2.24. The molecule has 1 heterocycles. The SMILES string of the molecule is COc1ccc(OC)c([C@@H](O)CN2CCC(Oc3ccccc3F)CC2)c1. The van der Waals surface area contributed by atoms with Crippen LogP contribution in [-0.2, 0) is 0 Å². The number of ether oxygens (including phenoxy) is 3. The van der Waals surface area contributed by atoms with E-state index >= 15 is 0 Å². The summed E-state index contributed by atoms with van der Waals surface area (Å²) in [5, 5.41) is 10.7. The topological polar surface area (TPSA) is 51.2 Å². The molecular weight excluding hydrogens is 349 g/mol. The van der Waals surface area contributed by atoms with Gasteiger partial charge in [-0.15, -0.1) is 0 Å². The number of aliphatic hydroxyl groups is 1. The molecule has 1 aliphatic rings. The first-order valence-corrected chi connectivity index (χ1v) is 9.14. The van der Waals surface area contributed by atoms with Crippen molar-refractivity contribution in [1.82, 2.24) is 4.90 Å². The van der Waals surface area contributed by atoms with E-state index in [-0.39, 0.29) is 11.9 Å². The van der Waals surface area contributed by atoms with E-state index in [1.165, 1.54) is 6.07 Å². The Morgan fingerprint density at radius 2 is 1.81 bits per heavy atom. The third-order valence-electron chi connectivity index (χ3n) is 4.89. The van der Waals surface area contributed by atoms with Crippen LogP contribution in [0.1, 0.15) is 24.5 Å². The molecule has 1 N–H and O–H groups in total. The average Bonchev–Trinajstić information content (AvgIpc) is 2.70. The zero-order valence-corrected chi connectivity index (χ0v) is 15.7. The molecule has 1 aliphatic heterocycles. The van der Waals surface area contributed by atoms with Crippen LogP contribution in [0, 0.1) is 5.82 Å². The summed E-state index contributed by atoms with van der Waals surface area (Å²) >= 11 is 0. The van der Waals surface area contributed by atoms with Gasteiger partial charge in [0.2, 0.25) is 0 Å². The minimum absolute atomic E-state index is 0.0124. The van der Waals surface area contributed by atoms with Crippen LogP contribution >= 0.6 is 0 Å². The van der Waals surface area contributed by atoms with E-state index in [0.717, 1.165) is 25.9 Å². The molecule has 0 spiro atoms. The molecule has 6 heteroatoms. The molecule has 0 aliphatic carbocycles. The van der Waals surface area contributed by atoms with Crippen molar-refractivity contribution < 1.29 is 23.7 Å². The van der Waals surface area contributed by atoms with Crippen LogP contribution in [0.15, 0.2) is 42.5 Å². The van der Waals surface area contributed by atoms with E-state index in [1.807, 2.05) is 0 Å². The van der Waals surface area contributed by atoms with Crippen molar-refractivity contribution in [3.63, 3.8) is 0 Å². The maximum absolute atomic E-state index is 13.7. The van der Waals surface area contributed by atoms with Crippen molar-refractivity contribution in [2.24, 2.45) is 0 Å². The fraction of sp³-hybridized carbons (Fsp3) is 0.429. The molecule has 146 valence electrons. The molecule has 1 saturated heterocycles. The predicted molar refractivity (Wildman–Crippen MR) is 101 cm³/mol. The van der Waals surface area contributed by atoms with Gasteiger partial charge < -0.3 is 24.2 Å². The Morgan fingerprint density at radius 1 is 1.07 bits per heavy atom. The minimum atomic E-state index is -0.681. The van der Waals surface area contributed by atoms with Gasteiger partial charge >= 0.3 is 0 Å². The Balaban J connectivity index is 1.55. The number of β-amino-alcohol motifs (C(OH)–C–C–N with tert-alkyl or cyclic N) is 1. The molecule has 2 aromatic rings. The molecule has 2 aromatic carbocycles. The van der Waals surface area contributed by atoms with Crippen LogP contribution in [0.2, 0.25) is 0 Å². The zero-order chi connectivity index (χ0) is 19.2. The van der Waals surface area contributed by atoms with Gasteiger partial charge in [0.1, 0.15) is 17.6 Å². The van der Waals surface area contributed by atoms with E-state index in [9.17, 15) is 9.50 Å². The summed E-state index contributed by atoms with van der Waals surface area (Å²) in [6, 6.07) is 11.9. The lowest BCUT2D eigenvalue weighted by Gasteiger charge is -2.33. The smallest absolute Gasteiger partial charge is 0.165 e. The molecule has 0 aromatic heterocycles. The van der Waals surface area contributed by atoms with Crippen molar-refractivity contribution in [2.45, 2.75) is 25.0 Å². The number of piperidine rings is 1. The zero-order valence-electron chi connectivity index (χ0n) is 15.7. The Morgan fingerprint density at radius 3 is 2.48 bits per heavy atom. The first kappa shape index (κ1) is 19.5. The van der Waals surface area contributed by atoms with Crippen molar-refractivity contribution in [3.05, 3.63) is 53.8 Å². The summed E-state index contributed by atoms with van der Waals surface area (Å²) in [7, 11) is 3.18. The van der Waals surface area contributed by atoms with E-state index in [4.69, 9.17) is 14.2 Å². The highest BCUT2D eigenvalue weighted by atomic mass is 19.1. The van der Waals surface area contributed by atoms with Crippen LogP contribution in [-0.4, -0.2) is 50.0 Å². The summed E-state index contributed by atoms with van der Waals surface area (Å²) < 4.78 is 30.1. The van der Waals surface area contributed by atoms with Gasteiger partial charge in [0.25, 0.3) is 0 Å². The molecule has 0 radical (unpaired) electrons. The molecule has 0 unspecified atom stereocenters. The van der Waals surface area contributed by atoms with Crippen LogP contribution in [0.25, 0.3) is 0 Å². The molecule has 27 heavy (non-hydrogen) atoms. The largest absolute Gasteiger partial charge is 0.497 e. The lowest BCUT2D eigenvalue weighted by molar-refractivity contribution is 0.0586. The van der Waals surface area contributed by atoms with Crippen LogP contribution in [0.4, 0.5) is 4.39 Å². The fourth-order valence-corrected chi connectivity index (χ4v) is 3.37. The molecule has 0 amide bonds. The summed E-state index contributed by atoms with van der Waals surface area (Å²) in [5.74, 6) is 1.29. The number of hydrogen-bond donors (Lipinski definition) is 1. The number of benzene rings is 2. The normalized spacial score (nSPS) is 16.7. The lowest BCUT2D eigenvalue weighted by Crippen LogP contribution is -2.40. The van der Waals surface area contributed by atoms with Gasteiger partial charge in [-0.1, -0.05) is 12.1 Å². The van der Waals surface area contributed by atoms with Gasteiger partial charge in [0, 0.05) is 25.2 Å². The van der Waals surface area contributed by atoms with Gasteiger partial charge in [-0.25, -0.2) is 4.39 Å². The molecular formula is C21H26FNO4. The third kappa shape index (κ3) is 4.90.